The van der Waals surface area contributed by atoms with Gasteiger partial charge in [0.15, 0.2) is 11.5 Å². The Morgan fingerprint density at radius 1 is 0.448 bits per heavy atom. The molecule has 0 radical (unpaired) electrons. The second kappa shape index (κ2) is 14.1. The van der Waals surface area contributed by atoms with E-state index in [9.17, 15) is 77.4 Å². The number of nitrogens with zero attached hydrogens (tertiary/aromatic N) is 4. The van der Waals surface area contributed by atoms with E-state index < -0.39 is 127 Å². The summed E-state index contributed by atoms with van der Waals surface area (Å²) in [5.74, 6) is -4.00. The molecule has 22 nitrogen and oxygen atoms in total. The summed E-state index contributed by atoms with van der Waals surface area (Å²) in [5.41, 5.74) is 3.68. The van der Waals surface area contributed by atoms with Crippen LogP contribution in [0.15, 0.2) is 113 Å². The van der Waals surface area contributed by atoms with Crippen molar-refractivity contribution in [3.8, 4) is 39.9 Å². The van der Waals surface area contributed by atoms with Gasteiger partial charge in [-0.2, -0.15) is 33.7 Å². The molecule has 11 N–H and O–H groups in total. The van der Waals surface area contributed by atoms with Gasteiger partial charge in [0, 0.05) is 11.5 Å². The highest BCUT2D eigenvalue weighted by Gasteiger charge is 2.28. The number of phenols is 5. The van der Waals surface area contributed by atoms with Gasteiger partial charge in [0.2, 0.25) is 0 Å². The molecular weight excluding hydrogens is 855 g/mol. The van der Waals surface area contributed by atoms with E-state index in [2.05, 4.69) is 20.5 Å². The van der Waals surface area contributed by atoms with Gasteiger partial charge in [-0.05, 0) is 65.0 Å². The number of aromatic hydroxyl groups is 5. The average Bonchev–Trinajstić information content (AvgIpc) is 3.09. The van der Waals surface area contributed by atoms with Crippen molar-refractivity contribution in [1.82, 2.24) is 0 Å². The smallest absolute Gasteiger partial charge is 0.296 e. The molecule has 0 heterocycles. The molecule has 0 unspecified atom stereocenters. The van der Waals surface area contributed by atoms with E-state index in [1.54, 1.807) is 0 Å². The highest BCUT2D eigenvalue weighted by atomic mass is 32.2. The normalized spacial score (nSPS) is 13.0. The van der Waals surface area contributed by atoms with Gasteiger partial charge in [0.1, 0.15) is 54.7 Å². The molecule has 0 aromatic heterocycles. The highest BCUT2D eigenvalue weighted by molar-refractivity contribution is 7.87. The van der Waals surface area contributed by atoms with Crippen molar-refractivity contribution in [3.63, 3.8) is 0 Å². The lowest BCUT2D eigenvalue weighted by molar-refractivity contribution is 0.457. The van der Waals surface area contributed by atoms with E-state index in [1.165, 1.54) is 30.3 Å². The molecule has 0 aliphatic carbocycles. The van der Waals surface area contributed by atoms with E-state index in [0.717, 1.165) is 18.2 Å². The number of benzene rings is 6. The first kappa shape index (κ1) is 41.1. The Hall–Kier alpha value is -6.52. The maximum Gasteiger partial charge on any atom is 0.296 e. The van der Waals surface area contributed by atoms with Crippen molar-refractivity contribution < 1.29 is 77.4 Å². The van der Waals surface area contributed by atoms with Gasteiger partial charge in [0.05, 0.1) is 21.4 Å². The molecule has 0 saturated carbocycles. The fourth-order valence-corrected chi connectivity index (χ4v) is 8.26. The van der Waals surface area contributed by atoms with Crippen molar-refractivity contribution in [2.75, 3.05) is 5.73 Å². The Bertz CT molecular complexity index is 3300. The first-order chi connectivity index (χ1) is 26.8. The van der Waals surface area contributed by atoms with E-state index >= 15 is 0 Å². The van der Waals surface area contributed by atoms with Crippen molar-refractivity contribution in [2.45, 2.75) is 19.6 Å². The summed E-state index contributed by atoms with van der Waals surface area (Å²) in [6, 6.07) is 11.9. The Labute approximate surface area is 325 Å². The average molecular weight is 878 g/mol. The molecule has 0 bridgehead atoms. The molecular formula is C32H23N5O17S4. The first-order valence-corrected chi connectivity index (χ1v) is 21.0. The van der Waals surface area contributed by atoms with E-state index in [-0.39, 0.29) is 22.5 Å². The fourth-order valence-electron chi connectivity index (χ4n) is 5.63. The van der Waals surface area contributed by atoms with Gasteiger partial charge in [0.25, 0.3) is 40.5 Å². The summed E-state index contributed by atoms with van der Waals surface area (Å²) in [6.45, 7) is 0. The first-order valence-electron chi connectivity index (χ1n) is 15.3. The van der Waals surface area contributed by atoms with Crippen molar-refractivity contribution >= 4 is 90.5 Å². The predicted octanol–water partition coefficient (Wildman–Crippen LogP) is 5.59. The molecule has 26 heteroatoms. The minimum Gasteiger partial charge on any atom is -0.507 e. The highest BCUT2D eigenvalue weighted by Crippen LogP contribution is 2.47. The number of rotatable bonds is 9. The lowest BCUT2D eigenvalue weighted by atomic mass is 10.0. The zero-order valence-electron chi connectivity index (χ0n) is 28.2. The van der Waals surface area contributed by atoms with Crippen LogP contribution < -0.4 is 5.73 Å². The van der Waals surface area contributed by atoms with Gasteiger partial charge >= 0.3 is 0 Å². The van der Waals surface area contributed by atoms with Gasteiger partial charge in [-0.25, -0.2) is 0 Å². The van der Waals surface area contributed by atoms with E-state index in [0.29, 0.717) is 24.3 Å². The van der Waals surface area contributed by atoms with Crippen LogP contribution in [-0.2, 0) is 40.5 Å². The number of fused-ring (bicyclic) bond motifs is 2. The van der Waals surface area contributed by atoms with Gasteiger partial charge in [-0.3, -0.25) is 18.2 Å². The van der Waals surface area contributed by atoms with Gasteiger partial charge in [-0.1, -0.05) is 18.2 Å². The molecule has 6 rings (SSSR count). The standard InChI is InChI=1S/C32H23N5O17S4/c33-29-25(57(49,50)51)12-24(56(46,47)48)17-3-6-20(31(41)28(17)29)36-34-18-4-1-13(8-21(18)38)14-2-5-19(22(39)9-14)35-37-30-26(58(52,53)54)10-15-7-16(55(43,44)45)11-23(40)27(15)32(30)42/h1-12,38-42H,33H2,(H,43,44,45)(H,46,47,48)(H,49,50,51)(H,52,53,54). The van der Waals surface area contributed by atoms with Crippen LogP contribution in [0, 0.1) is 0 Å². The Kier molecular flexibility index (Phi) is 10.0. The number of hydrogen-bond donors (Lipinski definition) is 10. The molecule has 0 saturated heterocycles. The summed E-state index contributed by atoms with van der Waals surface area (Å²) < 4.78 is 133. The molecule has 0 aliphatic heterocycles. The van der Waals surface area contributed by atoms with Gasteiger partial charge < -0.3 is 31.3 Å². The van der Waals surface area contributed by atoms with Crippen LogP contribution in [0.3, 0.4) is 0 Å². The molecule has 0 spiro atoms. The number of azo groups is 2. The fraction of sp³-hybridized carbons (Fsp3) is 0. The molecule has 0 amide bonds. The van der Waals surface area contributed by atoms with Gasteiger partial charge in [-0.15, -0.1) is 20.5 Å². The van der Waals surface area contributed by atoms with Crippen LogP contribution in [0.5, 0.6) is 28.7 Å². The van der Waals surface area contributed by atoms with Crippen LogP contribution in [0.4, 0.5) is 28.4 Å². The third-order valence-electron chi connectivity index (χ3n) is 8.26. The van der Waals surface area contributed by atoms with Crippen molar-refractivity contribution in [3.05, 3.63) is 72.8 Å². The second-order valence-electron chi connectivity index (χ2n) is 12.0. The number of anilines is 1. The van der Waals surface area contributed by atoms with Crippen LogP contribution in [0.1, 0.15) is 0 Å². The maximum atomic E-state index is 12.2. The molecule has 0 aliphatic rings. The van der Waals surface area contributed by atoms with Crippen molar-refractivity contribution in [2.24, 2.45) is 20.5 Å². The largest absolute Gasteiger partial charge is 0.507 e. The third kappa shape index (κ3) is 7.75. The van der Waals surface area contributed by atoms with E-state index in [1.807, 2.05) is 0 Å². The summed E-state index contributed by atoms with van der Waals surface area (Å²) in [7, 11) is -20.4. The SMILES string of the molecule is Nc1c(S(=O)(=O)O)cc(S(=O)(=O)O)c2ccc(N=Nc3ccc(-c4ccc(N=Nc5c(S(=O)(=O)O)cc6cc(S(=O)(=O)O)cc(O)c6c5O)c(O)c4)cc3O)c(O)c12. The Morgan fingerprint density at radius 2 is 0.948 bits per heavy atom. The minimum atomic E-state index is -5.20. The molecule has 6 aromatic rings. The maximum absolute atomic E-state index is 12.2. The van der Waals surface area contributed by atoms with Crippen LogP contribution in [0.25, 0.3) is 32.7 Å². The monoisotopic (exact) mass is 877 g/mol. The molecule has 0 atom stereocenters. The summed E-state index contributed by atoms with van der Waals surface area (Å²) in [6.07, 6.45) is 0. The van der Waals surface area contributed by atoms with Crippen LogP contribution in [-0.4, -0.2) is 77.4 Å². The number of hydrogen-bond acceptors (Lipinski definition) is 18. The minimum absolute atomic E-state index is 0.207. The molecule has 58 heavy (non-hydrogen) atoms. The van der Waals surface area contributed by atoms with Crippen LogP contribution in [0.2, 0.25) is 0 Å². The number of nitrogen functional groups attached to an aromatic ring is 1. The zero-order valence-corrected chi connectivity index (χ0v) is 31.5. The third-order valence-corrected chi connectivity index (χ3v) is 11.7. The summed E-state index contributed by atoms with van der Waals surface area (Å²) in [4.78, 5) is -4.09. The lowest BCUT2D eigenvalue weighted by Gasteiger charge is -2.13. The number of nitrogens with two attached hydrogens (primary N) is 1. The summed E-state index contributed by atoms with van der Waals surface area (Å²) >= 11 is 0. The predicted molar refractivity (Wildman–Crippen MR) is 200 cm³/mol. The second-order valence-corrected chi connectivity index (χ2v) is 17.6. The Balaban J connectivity index is 1.32. The summed E-state index contributed by atoms with van der Waals surface area (Å²) in [5, 5.41) is 66.4. The Morgan fingerprint density at radius 3 is 1.45 bits per heavy atom. The molecule has 6 aromatic carbocycles. The van der Waals surface area contributed by atoms with Crippen LogP contribution >= 0.6 is 0 Å². The van der Waals surface area contributed by atoms with E-state index in [4.69, 9.17) is 5.73 Å². The zero-order chi connectivity index (χ0) is 42.9. The topological polar surface area (TPSA) is 394 Å². The molecule has 302 valence electrons. The molecule has 0 fully saturated rings. The lowest BCUT2D eigenvalue weighted by Crippen LogP contribution is -2.08. The quantitative estimate of drug-likeness (QED) is 0.0480. The van der Waals surface area contributed by atoms with Crippen molar-refractivity contribution in [1.29, 1.82) is 0 Å². The number of phenolic OH excluding ortho intramolecular Hbond substituents is 5.